The molecule has 6 heteroatoms. The lowest BCUT2D eigenvalue weighted by atomic mass is 10.1. The molecule has 6 nitrogen and oxygen atoms in total. The Morgan fingerprint density at radius 1 is 1.04 bits per heavy atom. The second-order valence-electron chi connectivity index (χ2n) is 5.58. The number of anilines is 1. The van der Waals surface area contributed by atoms with E-state index in [1.165, 1.54) is 6.42 Å². The molecule has 1 fully saturated rings. The van der Waals surface area contributed by atoms with Crippen LogP contribution in [0.1, 0.15) is 19.3 Å². The van der Waals surface area contributed by atoms with E-state index in [-0.39, 0.29) is 5.56 Å². The molecule has 0 atom stereocenters. The summed E-state index contributed by atoms with van der Waals surface area (Å²) in [6, 6.07) is 7.29. The SMILES string of the molecule is COc1ccc(-c2n[nH]c(=O)cc2N2CCCCC2)cc1OC. The van der Waals surface area contributed by atoms with E-state index in [4.69, 9.17) is 9.47 Å². The van der Waals surface area contributed by atoms with Gasteiger partial charge in [0, 0.05) is 24.7 Å². The quantitative estimate of drug-likeness (QED) is 0.938. The molecule has 1 aliphatic heterocycles. The highest BCUT2D eigenvalue weighted by Gasteiger charge is 2.18. The standard InChI is InChI=1S/C17H21N3O3/c1-22-14-7-6-12(10-15(14)23-2)17-13(11-16(21)18-19-17)20-8-4-3-5-9-20/h6-7,10-11H,3-5,8-9H2,1-2H3,(H,18,21). The molecular formula is C17H21N3O3. The summed E-state index contributed by atoms with van der Waals surface area (Å²) in [5, 5.41) is 6.82. The van der Waals surface area contributed by atoms with Gasteiger partial charge in [-0.15, -0.1) is 0 Å². The number of nitrogens with one attached hydrogen (secondary N) is 1. The highest BCUT2D eigenvalue weighted by molar-refractivity contribution is 5.76. The van der Waals surface area contributed by atoms with Crippen LogP contribution in [-0.4, -0.2) is 37.5 Å². The Morgan fingerprint density at radius 2 is 1.78 bits per heavy atom. The van der Waals surface area contributed by atoms with E-state index >= 15 is 0 Å². The number of ether oxygens (including phenoxy) is 2. The predicted molar refractivity (Wildman–Crippen MR) is 89.5 cm³/mol. The second-order valence-corrected chi connectivity index (χ2v) is 5.58. The van der Waals surface area contributed by atoms with Gasteiger partial charge < -0.3 is 14.4 Å². The summed E-state index contributed by atoms with van der Waals surface area (Å²) in [6.07, 6.45) is 3.51. The molecule has 23 heavy (non-hydrogen) atoms. The van der Waals surface area contributed by atoms with Crippen molar-refractivity contribution in [1.82, 2.24) is 10.2 Å². The Morgan fingerprint density at radius 3 is 2.48 bits per heavy atom. The first-order valence-electron chi connectivity index (χ1n) is 7.80. The number of hydrogen-bond donors (Lipinski definition) is 1. The molecule has 1 aromatic carbocycles. The number of rotatable bonds is 4. The van der Waals surface area contributed by atoms with Crippen molar-refractivity contribution in [1.29, 1.82) is 0 Å². The number of methoxy groups -OCH3 is 2. The molecular weight excluding hydrogens is 294 g/mol. The van der Waals surface area contributed by atoms with Crippen molar-refractivity contribution in [3.63, 3.8) is 0 Å². The van der Waals surface area contributed by atoms with E-state index in [9.17, 15) is 4.79 Å². The molecule has 0 bridgehead atoms. The van der Waals surface area contributed by atoms with Crippen molar-refractivity contribution in [2.75, 3.05) is 32.2 Å². The molecule has 0 spiro atoms. The average Bonchev–Trinajstić information content (AvgIpc) is 2.61. The average molecular weight is 315 g/mol. The van der Waals surface area contributed by atoms with Crippen molar-refractivity contribution in [3.05, 3.63) is 34.6 Å². The molecule has 2 heterocycles. The zero-order valence-corrected chi connectivity index (χ0v) is 13.5. The molecule has 0 unspecified atom stereocenters. The second kappa shape index (κ2) is 6.73. The van der Waals surface area contributed by atoms with Gasteiger partial charge >= 0.3 is 0 Å². The van der Waals surface area contributed by atoms with Crippen LogP contribution in [0.25, 0.3) is 11.3 Å². The van der Waals surface area contributed by atoms with Gasteiger partial charge in [-0.05, 0) is 37.5 Å². The number of piperidine rings is 1. The number of aromatic amines is 1. The summed E-state index contributed by atoms with van der Waals surface area (Å²) in [5.74, 6) is 1.31. The van der Waals surface area contributed by atoms with Gasteiger partial charge in [-0.1, -0.05) is 0 Å². The van der Waals surface area contributed by atoms with Gasteiger partial charge in [0.25, 0.3) is 5.56 Å². The lowest BCUT2D eigenvalue weighted by Gasteiger charge is -2.29. The van der Waals surface area contributed by atoms with Crippen LogP contribution in [0, 0.1) is 0 Å². The third kappa shape index (κ3) is 3.16. The molecule has 1 aliphatic rings. The molecule has 1 saturated heterocycles. The number of nitrogens with zero attached hydrogens (tertiary/aromatic N) is 2. The van der Waals surface area contributed by atoms with Crippen molar-refractivity contribution in [2.24, 2.45) is 0 Å². The van der Waals surface area contributed by atoms with Crippen LogP contribution in [0.2, 0.25) is 0 Å². The molecule has 0 radical (unpaired) electrons. The van der Waals surface area contributed by atoms with Crippen LogP contribution in [0.4, 0.5) is 5.69 Å². The summed E-state index contributed by atoms with van der Waals surface area (Å²) < 4.78 is 10.6. The smallest absolute Gasteiger partial charge is 0.266 e. The highest BCUT2D eigenvalue weighted by atomic mass is 16.5. The van der Waals surface area contributed by atoms with Crippen molar-refractivity contribution < 1.29 is 9.47 Å². The van der Waals surface area contributed by atoms with Gasteiger partial charge in [0.1, 0.15) is 5.69 Å². The molecule has 3 rings (SSSR count). The molecule has 0 aliphatic carbocycles. The van der Waals surface area contributed by atoms with Crippen LogP contribution in [0.5, 0.6) is 11.5 Å². The van der Waals surface area contributed by atoms with Gasteiger partial charge in [0.15, 0.2) is 11.5 Å². The Kier molecular flexibility index (Phi) is 4.50. The maximum atomic E-state index is 11.8. The van der Waals surface area contributed by atoms with E-state index in [2.05, 4.69) is 15.1 Å². The fraction of sp³-hybridized carbons (Fsp3) is 0.412. The van der Waals surface area contributed by atoms with E-state index in [1.54, 1.807) is 20.3 Å². The predicted octanol–water partition coefficient (Wildman–Crippen LogP) is 2.44. The van der Waals surface area contributed by atoms with E-state index in [1.807, 2.05) is 18.2 Å². The Labute approximate surface area is 135 Å². The van der Waals surface area contributed by atoms with Crippen molar-refractivity contribution >= 4 is 5.69 Å². The molecule has 0 saturated carbocycles. The summed E-state index contributed by atoms with van der Waals surface area (Å²) in [7, 11) is 3.21. The van der Waals surface area contributed by atoms with Crippen molar-refractivity contribution in [3.8, 4) is 22.8 Å². The summed E-state index contributed by atoms with van der Waals surface area (Å²) >= 11 is 0. The zero-order valence-electron chi connectivity index (χ0n) is 13.5. The van der Waals surface area contributed by atoms with Crippen LogP contribution >= 0.6 is 0 Å². The zero-order chi connectivity index (χ0) is 16.2. The van der Waals surface area contributed by atoms with Gasteiger partial charge in [0.05, 0.1) is 19.9 Å². The fourth-order valence-corrected chi connectivity index (χ4v) is 2.96. The van der Waals surface area contributed by atoms with Gasteiger partial charge in [-0.25, -0.2) is 5.10 Å². The van der Waals surface area contributed by atoms with Crippen LogP contribution in [0.15, 0.2) is 29.1 Å². The summed E-state index contributed by atoms with van der Waals surface area (Å²) in [6.45, 7) is 1.90. The first-order chi connectivity index (χ1) is 11.2. The molecule has 122 valence electrons. The Bertz CT molecular complexity index is 736. The lowest BCUT2D eigenvalue weighted by molar-refractivity contribution is 0.355. The monoisotopic (exact) mass is 315 g/mol. The van der Waals surface area contributed by atoms with Gasteiger partial charge in [0.2, 0.25) is 0 Å². The van der Waals surface area contributed by atoms with Crippen LogP contribution < -0.4 is 19.9 Å². The highest BCUT2D eigenvalue weighted by Crippen LogP contribution is 2.35. The van der Waals surface area contributed by atoms with Crippen molar-refractivity contribution in [2.45, 2.75) is 19.3 Å². The van der Waals surface area contributed by atoms with E-state index in [0.717, 1.165) is 42.9 Å². The Hall–Kier alpha value is -2.50. The number of H-pyrrole nitrogens is 1. The lowest BCUT2D eigenvalue weighted by Crippen LogP contribution is -2.31. The minimum atomic E-state index is -0.185. The van der Waals surface area contributed by atoms with E-state index < -0.39 is 0 Å². The largest absolute Gasteiger partial charge is 0.493 e. The Balaban J connectivity index is 2.07. The maximum Gasteiger partial charge on any atom is 0.266 e. The number of benzene rings is 1. The van der Waals surface area contributed by atoms with Crippen LogP contribution in [0.3, 0.4) is 0 Å². The number of hydrogen-bond acceptors (Lipinski definition) is 5. The van der Waals surface area contributed by atoms with Crippen LogP contribution in [-0.2, 0) is 0 Å². The molecule has 1 N–H and O–H groups in total. The van der Waals surface area contributed by atoms with Gasteiger partial charge in [-0.3, -0.25) is 4.79 Å². The fourth-order valence-electron chi connectivity index (χ4n) is 2.96. The molecule has 1 aromatic heterocycles. The van der Waals surface area contributed by atoms with Gasteiger partial charge in [-0.2, -0.15) is 5.10 Å². The summed E-state index contributed by atoms with van der Waals surface area (Å²) in [4.78, 5) is 14.0. The first kappa shape index (κ1) is 15.4. The minimum Gasteiger partial charge on any atom is -0.493 e. The minimum absolute atomic E-state index is 0.185. The maximum absolute atomic E-state index is 11.8. The van der Waals surface area contributed by atoms with E-state index in [0.29, 0.717) is 11.5 Å². The topological polar surface area (TPSA) is 67.5 Å². The normalized spacial score (nSPS) is 14.6. The third-order valence-corrected chi connectivity index (χ3v) is 4.14. The number of aromatic nitrogens is 2. The molecule has 0 amide bonds. The molecule has 2 aromatic rings. The summed E-state index contributed by atoms with van der Waals surface area (Å²) in [5.41, 5.74) is 2.34. The first-order valence-corrected chi connectivity index (χ1v) is 7.80. The third-order valence-electron chi connectivity index (χ3n) is 4.14.